The molecule has 0 bridgehead atoms. The van der Waals surface area contributed by atoms with Crippen LogP contribution in [0.25, 0.3) is 0 Å². The van der Waals surface area contributed by atoms with Crippen LogP contribution < -0.4 is 10.6 Å². The van der Waals surface area contributed by atoms with E-state index in [9.17, 15) is 0 Å². The molecule has 7 heteroatoms. The van der Waals surface area contributed by atoms with Gasteiger partial charge in [-0.2, -0.15) is 10.1 Å². The Morgan fingerprint density at radius 3 is 2.52 bits per heavy atom. The third kappa shape index (κ3) is 4.09. The van der Waals surface area contributed by atoms with E-state index in [2.05, 4.69) is 25.8 Å². The summed E-state index contributed by atoms with van der Waals surface area (Å²) in [5.74, 6) is 0.953. The Morgan fingerprint density at radius 2 is 1.74 bits per heavy atom. The van der Waals surface area contributed by atoms with Crippen molar-refractivity contribution < 1.29 is 0 Å². The minimum absolute atomic E-state index is 0.403. The van der Waals surface area contributed by atoms with Gasteiger partial charge in [0.15, 0.2) is 5.82 Å². The van der Waals surface area contributed by atoms with Gasteiger partial charge >= 0.3 is 0 Å². The number of anilines is 4. The van der Waals surface area contributed by atoms with Crippen LogP contribution in [0.3, 0.4) is 0 Å². The van der Waals surface area contributed by atoms with Crippen LogP contribution in [0.5, 0.6) is 0 Å². The molecule has 1 aromatic heterocycles. The average Bonchev–Trinajstić information content (AvgIpc) is 2.51. The van der Waals surface area contributed by atoms with Crippen molar-refractivity contribution in [1.29, 1.82) is 0 Å². The van der Waals surface area contributed by atoms with Gasteiger partial charge in [-0.25, -0.2) is 0 Å². The van der Waals surface area contributed by atoms with Crippen molar-refractivity contribution in [3.8, 4) is 0 Å². The number of hydrogen-bond donors (Lipinski definition) is 2. The molecule has 116 valence electrons. The molecule has 0 saturated carbocycles. The summed E-state index contributed by atoms with van der Waals surface area (Å²) in [6, 6.07) is 13.2. The Kier molecular flexibility index (Phi) is 4.60. The first-order valence-electron chi connectivity index (χ1n) is 6.86. The lowest BCUT2D eigenvalue weighted by Crippen LogP contribution is -2.02. The van der Waals surface area contributed by atoms with E-state index in [1.54, 1.807) is 12.1 Å². The number of nitrogens with zero attached hydrogens (tertiary/aromatic N) is 3. The number of aromatic nitrogens is 3. The monoisotopic (exact) mass is 345 g/mol. The Morgan fingerprint density at radius 1 is 0.913 bits per heavy atom. The zero-order chi connectivity index (χ0) is 16.2. The smallest absolute Gasteiger partial charge is 0.249 e. The molecule has 5 nitrogen and oxygen atoms in total. The fraction of sp³-hybridized carbons (Fsp3) is 0.0625. The summed E-state index contributed by atoms with van der Waals surface area (Å²) in [4.78, 5) is 4.37. The Hall–Kier alpha value is -2.37. The van der Waals surface area contributed by atoms with Gasteiger partial charge in [0.1, 0.15) is 0 Å². The highest BCUT2D eigenvalue weighted by molar-refractivity contribution is 6.42. The van der Waals surface area contributed by atoms with Crippen LogP contribution in [0.2, 0.25) is 10.0 Å². The van der Waals surface area contributed by atoms with Gasteiger partial charge in [0.25, 0.3) is 0 Å². The first-order chi connectivity index (χ1) is 11.1. The van der Waals surface area contributed by atoms with E-state index in [0.717, 1.165) is 16.9 Å². The third-order valence-corrected chi connectivity index (χ3v) is 3.76. The van der Waals surface area contributed by atoms with E-state index >= 15 is 0 Å². The Bertz CT molecular complexity index is 838. The molecule has 0 spiro atoms. The summed E-state index contributed by atoms with van der Waals surface area (Å²) < 4.78 is 0. The highest BCUT2D eigenvalue weighted by atomic mass is 35.5. The quantitative estimate of drug-likeness (QED) is 0.698. The van der Waals surface area contributed by atoms with Crippen molar-refractivity contribution in [2.75, 3.05) is 10.6 Å². The van der Waals surface area contributed by atoms with Gasteiger partial charge in [0, 0.05) is 11.4 Å². The van der Waals surface area contributed by atoms with Gasteiger partial charge in [-0.15, -0.1) is 5.10 Å². The van der Waals surface area contributed by atoms with Crippen molar-refractivity contribution in [1.82, 2.24) is 15.2 Å². The SMILES string of the molecule is Cc1cccc(Nc2nncc(Nc3ccc(Cl)c(Cl)c3)n2)c1. The summed E-state index contributed by atoms with van der Waals surface area (Å²) in [5.41, 5.74) is 2.81. The van der Waals surface area contributed by atoms with E-state index in [-0.39, 0.29) is 0 Å². The van der Waals surface area contributed by atoms with Crippen molar-refractivity contribution in [2.24, 2.45) is 0 Å². The summed E-state index contributed by atoms with van der Waals surface area (Å²) in [6.07, 6.45) is 1.53. The van der Waals surface area contributed by atoms with Gasteiger partial charge < -0.3 is 10.6 Å². The van der Waals surface area contributed by atoms with Crippen LogP contribution in [0.15, 0.2) is 48.7 Å². The van der Waals surface area contributed by atoms with Crippen LogP contribution in [-0.2, 0) is 0 Å². The molecule has 3 aromatic rings. The molecular weight excluding hydrogens is 333 g/mol. The maximum atomic E-state index is 6.00. The summed E-state index contributed by atoms with van der Waals surface area (Å²) in [5, 5.41) is 15.1. The molecule has 0 unspecified atom stereocenters. The van der Waals surface area contributed by atoms with Gasteiger partial charge in [-0.1, -0.05) is 35.3 Å². The van der Waals surface area contributed by atoms with Crippen molar-refractivity contribution in [3.05, 3.63) is 64.3 Å². The number of halogens is 2. The van der Waals surface area contributed by atoms with Crippen molar-refractivity contribution >= 4 is 46.3 Å². The summed E-state index contributed by atoms with van der Waals surface area (Å²) in [6.45, 7) is 2.02. The van der Waals surface area contributed by atoms with Gasteiger partial charge in [0.2, 0.25) is 5.95 Å². The van der Waals surface area contributed by atoms with E-state index in [1.165, 1.54) is 6.20 Å². The zero-order valence-corrected chi connectivity index (χ0v) is 13.7. The highest BCUT2D eigenvalue weighted by Gasteiger charge is 2.04. The Balaban J connectivity index is 1.78. The first kappa shape index (κ1) is 15.5. The molecule has 23 heavy (non-hydrogen) atoms. The van der Waals surface area contributed by atoms with Crippen LogP contribution >= 0.6 is 23.2 Å². The molecule has 3 rings (SSSR count). The predicted molar refractivity (Wildman–Crippen MR) is 94.0 cm³/mol. The Labute approximate surface area is 143 Å². The van der Waals surface area contributed by atoms with Crippen LogP contribution in [0.4, 0.5) is 23.1 Å². The summed E-state index contributed by atoms with van der Waals surface area (Å²) in [7, 11) is 0. The van der Waals surface area contributed by atoms with Gasteiger partial charge in [-0.3, -0.25) is 0 Å². The lowest BCUT2D eigenvalue weighted by molar-refractivity contribution is 0.982. The maximum Gasteiger partial charge on any atom is 0.249 e. The molecule has 0 fully saturated rings. The normalized spacial score (nSPS) is 10.4. The van der Waals surface area contributed by atoms with Crippen LogP contribution in [0, 0.1) is 6.92 Å². The van der Waals surface area contributed by atoms with E-state index in [4.69, 9.17) is 23.2 Å². The predicted octanol–water partition coefficient (Wildman–Crippen LogP) is 4.97. The number of rotatable bonds is 4. The standard InChI is InChI=1S/C16H13Cl2N5/c1-10-3-2-4-11(7-10)21-16-22-15(9-19-23-16)20-12-5-6-13(17)14(18)8-12/h2-9H,1H3,(H2,20,21,22,23). The van der Waals surface area contributed by atoms with Crippen LogP contribution in [-0.4, -0.2) is 15.2 Å². The largest absolute Gasteiger partial charge is 0.339 e. The molecule has 0 aliphatic heterocycles. The fourth-order valence-corrected chi connectivity index (χ4v) is 2.29. The van der Waals surface area contributed by atoms with E-state index in [1.807, 2.05) is 37.3 Å². The minimum Gasteiger partial charge on any atom is -0.339 e. The molecule has 1 heterocycles. The molecule has 0 saturated heterocycles. The fourth-order valence-electron chi connectivity index (χ4n) is 1.99. The third-order valence-electron chi connectivity index (χ3n) is 3.03. The first-order valence-corrected chi connectivity index (χ1v) is 7.61. The molecule has 2 N–H and O–H groups in total. The van der Waals surface area contributed by atoms with E-state index in [0.29, 0.717) is 21.8 Å². The van der Waals surface area contributed by atoms with E-state index < -0.39 is 0 Å². The van der Waals surface area contributed by atoms with Crippen molar-refractivity contribution in [3.63, 3.8) is 0 Å². The van der Waals surface area contributed by atoms with Crippen molar-refractivity contribution in [2.45, 2.75) is 6.92 Å². The number of hydrogen-bond acceptors (Lipinski definition) is 5. The molecule has 0 atom stereocenters. The molecule has 0 aliphatic carbocycles. The molecule has 0 radical (unpaired) electrons. The second-order valence-corrected chi connectivity index (χ2v) is 5.73. The lowest BCUT2D eigenvalue weighted by Gasteiger charge is -2.08. The van der Waals surface area contributed by atoms with Crippen LogP contribution in [0.1, 0.15) is 5.56 Å². The second kappa shape index (κ2) is 6.81. The number of benzene rings is 2. The topological polar surface area (TPSA) is 62.7 Å². The maximum absolute atomic E-state index is 6.00. The zero-order valence-electron chi connectivity index (χ0n) is 12.2. The molecule has 2 aromatic carbocycles. The highest BCUT2D eigenvalue weighted by Crippen LogP contribution is 2.26. The molecule has 0 aliphatic rings. The second-order valence-electron chi connectivity index (χ2n) is 4.91. The molecule has 0 amide bonds. The molecular formula is C16H13Cl2N5. The lowest BCUT2D eigenvalue weighted by atomic mass is 10.2. The number of nitrogens with one attached hydrogen (secondary N) is 2. The average molecular weight is 346 g/mol. The number of aryl methyl sites for hydroxylation is 1. The van der Waals surface area contributed by atoms with Gasteiger partial charge in [-0.05, 0) is 42.8 Å². The summed E-state index contributed by atoms with van der Waals surface area (Å²) >= 11 is 11.9. The van der Waals surface area contributed by atoms with Gasteiger partial charge in [0.05, 0.1) is 16.2 Å². The minimum atomic E-state index is 0.403.